The van der Waals surface area contributed by atoms with Gasteiger partial charge in [-0.05, 0) is 28.1 Å². The van der Waals surface area contributed by atoms with Crippen molar-refractivity contribution in [2.24, 2.45) is 0 Å². The fourth-order valence-corrected chi connectivity index (χ4v) is 2.49. The van der Waals surface area contributed by atoms with Crippen LogP contribution >= 0.6 is 39.1 Å². The average molecular weight is 390 g/mol. The Morgan fingerprint density at radius 3 is 2.71 bits per heavy atom. The average Bonchev–Trinajstić information content (AvgIpc) is 2.43. The van der Waals surface area contributed by atoms with E-state index in [4.69, 9.17) is 27.9 Å². The zero-order valence-electron chi connectivity index (χ0n) is 11.7. The third-order valence-corrected chi connectivity index (χ3v) is 4.26. The summed E-state index contributed by atoms with van der Waals surface area (Å²) in [7, 11) is 0. The molecule has 1 N–H and O–H groups in total. The topological polar surface area (TPSA) is 34.2 Å². The van der Waals surface area contributed by atoms with Crippen molar-refractivity contribution >= 4 is 39.1 Å². The molecule has 112 valence electrons. The second-order valence-corrected chi connectivity index (χ2v) is 6.49. The molecule has 0 atom stereocenters. The van der Waals surface area contributed by atoms with Crippen LogP contribution in [-0.4, -0.2) is 11.0 Å². The zero-order chi connectivity index (χ0) is 15.4. The number of ether oxygens (including phenoxy) is 1. The maximum Gasteiger partial charge on any atom is 0.150 e. The lowest BCUT2D eigenvalue weighted by molar-refractivity contribution is 0.467. The summed E-state index contributed by atoms with van der Waals surface area (Å²) in [5.74, 6) is 1.16. The van der Waals surface area contributed by atoms with E-state index >= 15 is 0 Å². The van der Waals surface area contributed by atoms with E-state index in [0.29, 0.717) is 34.1 Å². The molecule has 0 bridgehead atoms. The van der Waals surface area contributed by atoms with Gasteiger partial charge in [0.15, 0.2) is 0 Å². The van der Waals surface area contributed by atoms with Crippen molar-refractivity contribution in [3.8, 4) is 11.5 Å². The normalized spacial score (nSPS) is 11.0. The van der Waals surface area contributed by atoms with Gasteiger partial charge in [0, 0.05) is 34.9 Å². The van der Waals surface area contributed by atoms with Crippen LogP contribution < -0.4 is 10.1 Å². The fourth-order valence-electron chi connectivity index (χ4n) is 1.66. The Bertz CT molecular complexity index is 635. The molecule has 0 saturated heterocycles. The molecule has 3 nitrogen and oxygen atoms in total. The second kappa shape index (κ2) is 7.45. The van der Waals surface area contributed by atoms with Gasteiger partial charge < -0.3 is 10.1 Å². The lowest BCUT2D eigenvalue weighted by atomic mass is 10.2. The van der Waals surface area contributed by atoms with E-state index in [9.17, 15) is 0 Å². The highest BCUT2D eigenvalue weighted by molar-refractivity contribution is 9.10. The van der Waals surface area contributed by atoms with Gasteiger partial charge in [0.2, 0.25) is 0 Å². The van der Waals surface area contributed by atoms with Gasteiger partial charge in [-0.15, -0.1) is 0 Å². The smallest absolute Gasteiger partial charge is 0.150 e. The minimum Gasteiger partial charge on any atom is -0.454 e. The van der Waals surface area contributed by atoms with Crippen molar-refractivity contribution in [1.82, 2.24) is 10.3 Å². The van der Waals surface area contributed by atoms with Crippen molar-refractivity contribution in [1.29, 1.82) is 0 Å². The van der Waals surface area contributed by atoms with Crippen molar-refractivity contribution < 1.29 is 4.74 Å². The van der Waals surface area contributed by atoms with Crippen molar-refractivity contribution in [2.45, 2.75) is 26.4 Å². The predicted octanol–water partition coefficient (Wildman–Crippen LogP) is 5.44. The molecule has 0 aliphatic carbocycles. The number of benzene rings is 1. The lowest BCUT2D eigenvalue weighted by Gasteiger charge is -2.14. The quantitative estimate of drug-likeness (QED) is 0.691. The number of nitrogens with one attached hydrogen (secondary N) is 1. The number of hydrogen-bond acceptors (Lipinski definition) is 3. The van der Waals surface area contributed by atoms with Crippen LogP contribution in [0.15, 0.2) is 35.1 Å². The Labute approximate surface area is 142 Å². The third-order valence-electron chi connectivity index (χ3n) is 2.77. The molecule has 0 radical (unpaired) electrons. The van der Waals surface area contributed by atoms with Crippen LogP contribution in [0.25, 0.3) is 0 Å². The maximum atomic E-state index is 6.18. The molecule has 0 aliphatic heterocycles. The first-order valence-corrected chi connectivity index (χ1v) is 8.01. The van der Waals surface area contributed by atoms with Gasteiger partial charge >= 0.3 is 0 Å². The first kappa shape index (κ1) is 16.6. The van der Waals surface area contributed by atoms with E-state index in [1.807, 2.05) is 6.07 Å². The molecule has 2 aromatic rings. The highest BCUT2D eigenvalue weighted by atomic mass is 79.9. The molecule has 2 rings (SSSR count). The van der Waals surface area contributed by atoms with E-state index in [0.717, 1.165) is 10.0 Å². The van der Waals surface area contributed by atoms with Gasteiger partial charge in [-0.2, -0.15) is 0 Å². The molecule has 21 heavy (non-hydrogen) atoms. The van der Waals surface area contributed by atoms with Gasteiger partial charge in [-0.25, -0.2) is 0 Å². The van der Waals surface area contributed by atoms with Crippen molar-refractivity contribution in [3.05, 3.63) is 50.7 Å². The lowest BCUT2D eigenvalue weighted by Crippen LogP contribution is -2.22. The van der Waals surface area contributed by atoms with Crippen LogP contribution in [0.5, 0.6) is 11.5 Å². The van der Waals surface area contributed by atoms with Gasteiger partial charge in [0.1, 0.15) is 11.5 Å². The van der Waals surface area contributed by atoms with Crippen LogP contribution in [0.2, 0.25) is 10.0 Å². The Hall–Kier alpha value is -0.810. The van der Waals surface area contributed by atoms with Gasteiger partial charge in [-0.1, -0.05) is 37.0 Å². The zero-order valence-corrected chi connectivity index (χ0v) is 14.8. The molecule has 0 aliphatic rings. The van der Waals surface area contributed by atoms with Gasteiger partial charge in [0.05, 0.1) is 16.2 Å². The monoisotopic (exact) mass is 388 g/mol. The molecule has 0 spiro atoms. The second-order valence-electron chi connectivity index (χ2n) is 4.82. The number of nitrogens with zero attached hydrogens (tertiary/aromatic N) is 1. The van der Waals surface area contributed by atoms with Gasteiger partial charge in [-0.3, -0.25) is 4.98 Å². The van der Waals surface area contributed by atoms with E-state index in [1.54, 1.807) is 24.5 Å². The molecule has 1 aromatic heterocycles. The largest absolute Gasteiger partial charge is 0.454 e. The third kappa shape index (κ3) is 4.58. The van der Waals surface area contributed by atoms with Crippen LogP contribution in [0.1, 0.15) is 19.4 Å². The molecular weight excluding hydrogens is 375 g/mol. The Morgan fingerprint density at radius 1 is 1.24 bits per heavy atom. The van der Waals surface area contributed by atoms with Crippen LogP contribution in [0.4, 0.5) is 0 Å². The summed E-state index contributed by atoms with van der Waals surface area (Å²) in [4.78, 5) is 4.10. The number of rotatable bonds is 5. The molecule has 1 aromatic carbocycles. The molecule has 1 heterocycles. The highest BCUT2D eigenvalue weighted by Gasteiger charge is 2.11. The predicted molar refractivity (Wildman–Crippen MR) is 90.4 cm³/mol. The number of pyridine rings is 1. The fraction of sp³-hybridized carbons (Fsp3) is 0.267. The maximum absolute atomic E-state index is 6.18. The summed E-state index contributed by atoms with van der Waals surface area (Å²) >= 11 is 15.6. The minimum absolute atomic E-state index is 0.386. The molecule has 0 saturated carbocycles. The highest BCUT2D eigenvalue weighted by Crippen LogP contribution is 2.37. The molecule has 6 heteroatoms. The Morgan fingerprint density at radius 2 is 2.00 bits per heavy atom. The molecule has 0 unspecified atom stereocenters. The molecule has 0 amide bonds. The first-order valence-electron chi connectivity index (χ1n) is 6.46. The number of hydrogen-bond donors (Lipinski definition) is 1. The summed E-state index contributed by atoms with van der Waals surface area (Å²) < 4.78 is 6.60. The van der Waals surface area contributed by atoms with E-state index < -0.39 is 0 Å². The van der Waals surface area contributed by atoms with Crippen molar-refractivity contribution in [2.75, 3.05) is 0 Å². The summed E-state index contributed by atoms with van der Waals surface area (Å²) in [5.41, 5.74) is 1.01. The summed E-state index contributed by atoms with van der Waals surface area (Å²) in [6.07, 6.45) is 3.41. The van der Waals surface area contributed by atoms with Crippen LogP contribution in [-0.2, 0) is 6.54 Å². The Kier molecular flexibility index (Phi) is 5.88. The molecular formula is C15H15BrCl2N2O. The molecule has 0 fully saturated rings. The minimum atomic E-state index is 0.386. The summed E-state index contributed by atoms with van der Waals surface area (Å²) in [5, 5.41) is 4.37. The van der Waals surface area contributed by atoms with E-state index in [2.05, 4.69) is 40.1 Å². The van der Waals surface area contributed by atoms with Crippen LogP contribution in [0.3, 0.4) is 0 Å². The van der Waals surface area contributed by atoms with E-state index in [-0.39, 0.29) is 0 Å². The van der Waals surface area contributed by atoms with Gasteiger partial charge in [0.25, 0.3) is 0 Å². The summed E-state index contributed by atoms with van der Waals surface area (Å²) in [6.45, 7) is 4.87. The number of halogens is 3. The standard InChI is InChI=1S/C15H15BrCl2N2O/c1-9(2)20-7-10-3-4-19-8-15(10)21-14-6-12(17)11(16)5-13(14)18/h3-6,8-9,20H,7H2,1-2H3. The van der Waals surface area contributed by atoms with E-state index in [1.165, 1.54) is 0 Å². The Balaban J connectivity index is 2.25. The van der Waals surface area contributed by atoms with Crippen LogP contribution in [0, 0.1) is 0 Å². The SMILES string of the molecule is CC(C)NCc1ccncc1Oc1cc(Cl)c(Br)cc1Cl. The van der Waals surface area contributed by atoms with Crippen molar-refractivity contribution in [3.63, 3.8) is 0 Å². The summed E-state index contributed by atoms with van der Waals surface area (Å²) in [6, 6.07) is 5.69. The number of aromatic nitrogens is 1. The first-order chi connectivity index (χ1) is 9.97.